The van der Waals surface area contributed by atoms with Gasteiger partial charge in [0.25, 0.3) is 0 Å². The van der Waals surface area contributed by atoms with Crippen molar-refractivity contribution in [3.63, 3.8) is 0 Å². The van der Waals surface area contributed by atoms with Gasteiger partial charge in [-0.15, -0.1) is 0 Å². The Labute approximate surface area is 111 Å². The third-order valence-corrected chi connectivity index (χ3v) is 2.08. The number of hydrogen-bond acceptors (Lipinski definition) is 5. The van der Waals surface area contributed by atoms with E-state index in [2.05, 4.69) is 15.3 Å². The van der Waals surface area contributed by atoms with Crippen molar-refractivity contribution in [2.75, 3.05) is 7.11 Å². The first-order valence-electron chi connectivity index (χ1n) is 5.19. The summed E-state index contributed by atoms with van der Waals surface area (Å²) < 4.78 is 37.0. The highest BCUT2D eigenvalue weighted by atomic mass is 19.4. The van der Waals surface area contributed by atoms with Gasteiger partial charge in [-0.2, -0.15) is 13.2 Å². The molecule has 0 aliphatic rings. The van der Waals surface area contributed by atoms with Crippen LogP contribution in [0.5, 0.6) is 0 Å². The van der Waals surface area contributed by atoms with E-state index in [0.29, 0.717) is 0 Å². The second-order valence-corrected chi connectivity index (χ2v) is 3.45. The van der Waals surface area contributed by atoms with Gasteiger partial charge in [0.2, 0.25) is 0 Å². The first-order valence-corrected chi connectivity index (χ1v) is 5.19. The third kappa shape index (κ3) is 4.69. The average Bonchev–Trinajstić information content (AvgIpc) is 2.38. The van der Waals surface area contributed by atoms with Crippen molar-refractivity contribution in [2.24, 2.45) is 4.99 Å². The van der Waals surface area contributed by atoms with Crippen molar-refractivity contribution in [3.05, 3.63) is 51.8 Å². The van der Waals surface area contributed by atoms with Gasteiger partial charge in [0.15, 0.2) is 0 Å². The fourth-order valence-electron chi connectivity index (χ4n) is 1.13. The van der Waals surface area contributed by atoms with E-state index in [1.807, 2.05) is 0 Å². The van der Waals surface area contributed by atoms with Crippen LogP contribution in [0.3, 0.4) is 0 Å². The SMILES string of the molecule is CONC=C(C=Nc1ccc(C(F)(F)F)cc1)[N+](=O)[O-]. The first kappa shape index (κ1) is 15.6. The molecule has 0 radical (unpaired) electrons. The topological polar surface area (TPSA) is 76.8 Å². The average molecular weight is 289 g/mol. The molecule has 0 aliphatic carbocycles. The molecular formula is C11H10F3N3O3. The van der Waals surface area contributed by atoms with Crippen LogP contribution in [-0.4, -0.2) is 18.2 Å². The third-order valence-electron chi connectivity index (χ3n) is 2.08. The van der Waals surface area contributed by atoms with Crippen molar-refractivity contribution < 1.29 is 22.9 Å². The molecule has 0 unspecified atom stereocenters. The number of benzene rings is 1. The van der Waals surface area contributed by atoms with Crippen LogP contribution in [0.15, 0.2) is 41.2 Å². The fraction of sp³-hybridized carbons (Fsp3) is 0.182. The van der Waals surface area contributed by atoms with Crippen LogP contribution in [0.2, 0.25) is 0 Å². The Morgan fingerprint density at radius 3 is 2.45 bits per heavy atom. The lowest BCUT2D eigenvalue weighted by atomic mass is 10.2. The summed E-state index contributed by atoms with van der Waals surface area (Å²) in [5, 5.41) is 10.6. The lowest BCUT2D eigenvalue weighted by Gasteiger charge is -2.05. The number of hydroxylamine groups is 1. The molecule has 0 saturated heterocycles. The highest BCUT2D eigenvalue weighted by molar-refractivity contribution is 5.78. The van der Waals surface area contributed by atoms with Crippen molar-refractivity contribution in [1.29, 1.82) is 0 Å². The minimum absolute atomic E-state index is 0.156. The second kappa shape index (κ2) is 6.66. The molecule has 0 fully saturated rings. The smallest absolute Gasteiger partial charge is 0.280 e. The fourth-order valence-corrected chi connectivity index (χ4v) is 1.13. The Morgan fingerprint density at radius 2 is 2.00 bits per heavy atom. The largest absolute Gasteiger partial charge is 0.416 e. The van der Waals surface area contributed by atoms with Crippen molar-refractivity contribution in [2.45, 2.75) is 6.18 Å². The zero-order valence-corrected chi connectivity index (χ0v) is 10.2. The molecule has 6 nitrogen and oxygen atoms in total. The quantitative estimate of drug-likeness (QED) is 0.513. The van der Waals surface area contributed by atoms with Crippen LogP contribution in [0.1, 0.15) is 5.56 Å². The number of nitrogens with zero attached hydrogens (tertiary/aromatic N) is 2. The van der Waals surface area contributed by atoms with Crippen LogP contribution >= 0.6 is 0 Å². The molecule has 20 heavy (non-hydrogen) atoms. The molecule has 9 heteroatoms. The van der Waals surface area contributed by atoms with Gasteiger partial charge in [0.05, 0.1) is 23.3 Å². The Morgan fingerprint density at radius 1 is 1.40 bits per heavy atom. The zero-order chi connectivity index (χ0) is 15.2. The molecule has 0 saturated carbocycles. The van der Waals surface area contributed by atoms with Gasteiger partial charge in [-0.25, -0.2) is 4.99 Å². The molecule has 1 aromatic rings. The Kier molecular flexibility index (Phi) is 5.21. The molecule has 0 bridgehead atoms. The van der Waals surface area contributed by atoms with Gasteiger partial charge in [0.1, 0.15) is 12.4 Å². The van der Waals surface area contributed by atoms with Gasteiger partial charge < -0.3 is 0 Å². The van der Waals surface area contributed by atoms with Crippen LogP contribution in [0.4, 0.5) is 18.9 Å². The van der Waals surface area contributed by atoms with E-state index in [0.717, 1.165) is 36.7 Å². The Hall–Kier alpha value is -2.42. The number of allylic oxidation sites excluding steroid dienone is 1. The summed E-state index contributed by atoms with van der Waals surface area (Å²) in [5.74, 6) is 0. The summed E-state index contributed by atoms with van der Waals surface area (Å²) in [7, 11) is 1.26. The number of nitrogens with one attached hydrogen (secondary N) is 1. The molecule has 0 aromatic heterocycles. The maximum atomic E-state index is 12.3. The van der Waals surface area contributed by atoms with Gasteiger partial charge >= 0.3 is 11.9 Å². The van der Waals surface area contributed by atoms with Crippen molar-refractivity contribution in [3.8, 4) is 0 Å². The molecule has 108 valence electrons. The molecule has 0 atom stereocenters. The van der Waals surface area contributed by atoms with E-state index in [1.165, 1.54) is 7.11 Å². The van der Waals surface area contributed by atoms with Gasteiger partial charge in [-0.3, -0.25) is 20.4 Å². The van der Waals surface area contributed by atoms with Gasteiger partial charge in [-0.1, -0.05) is 0 Å². The lowest BCUT2D eigenvalue weighted by Crippen LogP contribution is -2.08. The number of rotatable bonds is 5. The molecule has 0 spiro atoms. The van der Waals surface area contributed by atoms with Crippen LogP contribution in [0.25, 0.3) is 0 Å². The number of alkyl halides is 3. The molecular weight excluding hydrogens is 279 g/mol. The highest BCUT2D eigenvalue weighted by Crippen LogP contribution is 2.30. The molecule has 0 amide bonds. The molecule has 0 aliphatic heterocycles. The number of nitro groups is 1. The summed E-state index contributed by atoms with van der Waals surface area (Å²) >= 11 is 0. The van der Waals surface area contributed by atoms with E-state index >= 15 is 0 Å². The predicted molar refractivity (Wildman–Crippen MR) is 64.8 cm³/mol. The van der Waals surface area contributed by atoms with Gasteiger partial charge in [-0.05, 0) is 24.3 Å². The maximum Gasteiger partial charge on any atom is 0.416 e. The lowest BCUT2D eigenvalue weighted by molar-refractivity contribution is -0.415. The number of hydrogen-bond donors (Lipinski definition) is 1. The van der Waals surface area contributed by atoms with Crippen molar-refractivity contribution >= 4 is 11.9 Å². The molecule has 1 aromatic carbocycles. The summed E-state index contributed by atoms with van der Waals surface area (Å²) in [6, 6.07) is 3.91. The highest BCUT2D eigenvalue weighted by Gasteiger charge is 2.29. The minimum atomic E-state index is -4.43. The van der Waals surface area contributed by atoms with Gasteiger partial charge in [0, 0.05) is 0 Å². The monoisotopic (exact) mass is 289 g/mol. The van der Waals surface area contributed by atoms with E-state index < -0.39 is 22.4 Å². The summed E-state index contributed by atoms with van der Waals surface area (Å²) in [6.07, 6.45) is -2.58. The minimum Gasteiger partial charge on any atom is -0.280 e. The van der Waals surface area contributed by atoms with E-state index in [-0.39, 0.29) is 5.69 Å². The van der Waals surface area contributed by atoms with E-state index in [4.69, 9.17) is 0 Å². The van der Waals surface area contributed by atoms with Crippen molar-refractivity contribution in [1.82, 2.24) is 5.48 Å². The normalized spacial score (nSPS) is 12.7. The van der Waals surface area contributed by atoms with Crippen LogP contribution < -0.4 is 5.48 Å². The number of halogens is 3. The Bertz CT molecular complexity index is 524. The standard InChI is InChI=1S/C11H10F3N3O3/c1-20-16-7-10(17(18)19)6-15-9-4-2-8(3-5-9)11(12,13)14/h2-7,16H,1H3. The molecule has 1 rings (SSSR count). The summed E-state index contributed by atoms with van der Waals surface area (Å²) in [6.45, 7) is 0. The number of aliphatic imine (C=N–C) groups is 1. The predicted octanol–water partition coefficient (Wildman–Crippen LogP) is 2.68. The van der Waals surface area contributed by atoms with Crippen LogP contribution in [-0.2, 0) is 11.0 Å². The van der Waals surface area contributed by atoms with Crippen LogP contribution in [0, 0.1) is 10.1 Å². The first-order chi connectivity index (χ1) is 9.34. The molecule has 1 N–H and O–H groups in total. The summed E-state index contributed by atoms with van der Waals surface area (Å²) in [4.78, 5) is 18.0. The molecule has 0 heterocycles. The Balaban J connectivity index is 2.86. The summed E-state index contributed by atoms with van der Waals surface area (Å²) in [5.41, 5.74) is 1.08. The van der Waals surface area contributed by atoms with E-state index in [1.54, 1.807) is 0 Å². The second-order valence-electron chi connectivity index (χ2n) is 3.45. The van der Waals surface area contributed by atoms with E-state index in [9.17, 15) is 23.3 Å². The maximum absolute atomic E-state index is 12.3. The zero-order valence-electron chi connectivity index (χ0n) is 10.2.